The molecule has 3 rings (SSSR count). The lowest BCUT2D eigenvalue weighted by Crippen LogP contribution is -2.46. The van der Waals surface area contributed by atoms with Crippen molar-refractivity contribution >= 4 is 46.6 Å². The van der Waals surface area contributed by atoms with Gasteiger partial charge in [0.25, 0.3) is 0 Å². The van der Waals surface area contributed by atoms with Crippen molar-refractivity contribution in [2.75, 3.05) is 28.8 Å². The van der Waals surface area contributed by atoms with Crippen molar-refractivity contribution in [1.29, 1.82) is 0 Å². The fourth-order valence-electron chi connectivity index (χ4n) is 2.34. The maximum Gasteiger partial charge on any atom is 0.330 e. The van der Waals surface area contributed by atoms with Crippen LogP contribution in [0.4, 0.5) is 26.4 Å². The van der Waals surface area contributed by atoms with E-state index in [9.17, 15) is 9.18 Å². The highest BCUT2D eigenvalue weighted by atomic mass is 35.5. The van der Waals surface area contributed by atoms with Crippen LogP contribution in [0.3, 0.4) is 0 Å². The molecule has 1 aromatic carbocycles. The van der Waals surface area contributed by atoms with E-state index < -0.39 is 5.82 Å². The van der Waals surface area contributed by atoms with Crippen LogP contribution in [0, 0.1) is 5.82 Å². The van der Waals surface area contributed by atoms with E-state index in [0.717, 1.165) is 11.6 Å². The third-order valence-electron chi connectivity index (χ3n) is 3.52. The third kappa shape index (κ3) is 2.68. The van der Waals surface area contributed by atoms with Gasteiger partial charge in [-0.3, -0.25) is 9.80 Å². The molecule has 6 nitrogen and oxygen atoms in total. The Morgan fingerprint density at radius 1 is 1.43 bits per heavy atom. The lowest BCUT2D eigenvalue weighted by atomic mass is 10.2. The zero-order valence-corrected chi connectivity index (χ0v) is 14.0. The Bertz CT molecular complexity index is 803. The highest BCUT2D eigenvalue weighted by Crippen LogP contribution is 2.35. The number of carbonyl (C=O) groups excluding carboxylic acids is 1. The molecule has 0 fully saturated rings. The Kier molecular flexibility index (Phi) is 4.03. The van der Waals surface area contributed by atoms with E-state index in [1.165, 1.54) is 27.6 Å². The number of aromatic nitrogens is 2. The first kappa shape index (κ1) is 15.8. The van der Waals surface area contributed by atoms with Gasteiger partial charge in [-0.2, -0.15) is 0 Å². The summed E-state index contributed by atoms with van der Waals surface area (Å²) < 4.78 is 13.5. The molecule has 1 aliphatic heterocycles. The molecule has 2 amide bonds. The molecule has 0 radical (unpaired) electrons. The Labute approximate surface area is 141 Å². The molecule has 1 aliphatic rings. The van der Waals surface area contributed by atoms with Crippen LogP contribution in [0.15, 0.2) is 23.5 Å². The van der Waals surface area contributed by atoms with Crippen LogP contribution in [-0.4, -0.2) is 29.3 Å². The minimum absolute atomic E-state index is 0.0698. The number of benzene rings is 1. The molecular formula is C14H13ClFN5OS. The molecule has 0 spiro atoms. The van der Waals surface area contributed by atoms with E-state index in [-0.39, 0.29) is 23.3 Å². The van der Waals surface area contributed by atoms with E-state index in [1.54, 1.807) is 13.2 Å². The standard InChI is InChI=1S/C14H13ClFN5OS/c1-20-12-7(5-18-13(19-12)23-2)6-21(14(20)22)11-4-10(17)9(16)3-8(11)15/h3-5H,6,17H2,1-2H3. The average Bonchev–Trinajstić information content (AvgIpc) is 2.54. The number of fused-ring (bicyclic) bond motifs is 1. The van der Waals surface area contributed by atoms with E-state index >= 15 is 0 Å². The second-order valence-corrected chi connectivity index (χ2v) is 6.14. The number of amides is 2. The van der Waals surface area contributed by atoms with Gasteiger partial charge in [0.1, 0.15) is 11.6 Å². The molecule has 0 saturated carbocycles. The largest absolute Gasteiger partial charge is 0.396 e. The number of hydrogen-bond acceptors (Lipinski definition) is 5. The normalized spacial score (nSPS) is 14.2. The summed E-state index contributed by atoms with van der Waals surface area (Å²) in [4.78, 5) is 24.0. The summed E-state index contributed by atoms with van der Waals surface area (Å²) in [5.41, 5.74) is 6.64. The van der Waals surface area contributed by atoms with Gasteiger partial charge < -0.3 is 5.73 Å². The van der Waals surface area contributed by atoms with Crippen LogP contribution in [0.5, 0.6) is 0 Å². The highest BCUT2D eigenvalue weighted by molar-refractivity contribution is 7.98. The van der Waals surface area contributed by atoms with E-state index in [4.69, 9.17) is 17.3 Å². The molecule has 0 aliphatic carbocycles. The molecule has 0 unspecified atom stereocenters. The van der Waals surface area contributed by atoms with Gasteiger partial charge in [-0.1, -0.05) is 23.4 Å². The Morgan fingerprint density at radius 2 is 2.17 bits per heavy atom. The van der Waals surface area contributed by atoms with Crippen molar-refractivity contribution in [2.45, 2.75) is 11.7 Å². The lowest BCUT2D eigenvalue weighted by Gasteiger charge is -2.34. The first-order valence-corrected chi connectivity index (χ1v) is 8.22. The molecule has 1 aromatic heterocycles. The minimum atomic E-state index is -0.620. The lowest BCUT2D eigenvalue weighted by molar-refractivity contribution is 0.251. The highest BCUT2D eigenvalue weighted by Gasteiger charge is 2.32. The SMILES string of the molecule is CSc1ncc2c(n1)N(C)C(=O)N(c1cc(N)c(F)cc1Cl)C2. The fourth-order valence-corrected chi connectivity index (χ4v) is 2.93. The summed E-state index contributed by atoms with van der Waals surface area (Å²) in [5.74, 6) is -0.0679. The second-order valence-electron chi connectivity index (χ2n) is 4.96. The quantitative estimate of drug-likeness (QED) is 0.510. The smallest absolute Gasteiger partial charge is 0.330 e. The topological polar surface area (TPSA) is 75.4 Å². The number of rotatable bonds is 2. The molecule has 23 heavy (non-hydrogen) atoms. The van der Waals surface area contributed by atoms with Gasteiger partial charge in [0, 0.05) is 18.8 Å². The van der Waals surface area contributed by atoms with Crippen molar-refractivity contribution in [3.8, 4) is 0 Å². The molecule has 9 heteroatoms. The van der Waals surface area contributed by atoms with Gasteiger partial charge in [0.2, 0.25) is 0 Å². The molecule has 0 atom stereocenters. The summed E-state index contributed by atoms with van der Waals surface area (Å²) in [7, 11) is 1.62. The van der Waals surface area contributed by atoms with Crippen LogP contribution < -0.4 is 15.5 Å². The number of nitrogen functional groups attached to an aromatic ring is 1. The van der Waals surface area contributed by atoms with Crippen LogP contribution in [0.25, 0.3) is 0 Å². The zero-order chi connectivity index (χ0) is 16.7. The van der Waals surface area contributed by atoms with E-state index in [1.807, 2.05) is 6.26 Å². The van der Waals surface area contributed by atoms with Crippen molar-refractivity contribution in [3.05, 3.63) is 34.7 Å². The summed E-state index contributed by atoms with van der Waals surface area (Å²) in [6.07, 6.45) is 3.53. The molecule has 2 aromatic rings. The molecular weight excluding hydrogens is 341 g/mol. The van der Waals surface area contributed by atoms with Gasteiger partial charge >= 0.3 is 6.03 Å². The minimum Gasteiger partial charge on any atom is -0.396 e. The maximum atomic E-state index is 13.5. The van der Waals surface area contributed by atoms with Crippen molar-refractivity contribution < 1.29 is 9.18 Å². The Morgan fingerprint density at radius 3 is 2.87 bits per heavy atom. The first-order chi connectivity index (χ1) is 10.9. The second kappa shape index (κ2) is 5.86. The molecule has 120 valence electrons. The number of thioether (sulfide) groups is 1. The number of nitrogens with two attached hydrogens (primary N) is 1. The first-order valence-electron chi connectivity index (χ1n) is 6.62. The van der Waals surface area contributed by atoms with Crippen LogP contribution in [-0.2, 0) is 6.54 Å². The Balaban J connectivity index is 2.06. The molecule has 0 saturated heterocycles. The van der Waals surface area contributed by atoms with Gasteiger partial charge in [0.05, 0.1) is 22.9 Å². The number of anilines is 3. The molecule has 2 N–H and O–H groups in total. The van der Waals surface area contributed by atoms with Gasteiger partial charge in [-0.25, -0.2) is 19.2 Å². The number of urea groups is 1. The number of carbonyl (C=O) groups is 1. The Hall–Kier alpha value is -2.06. The van der Waals surface area contributed by atoms with Gasteiger partial charge in [-0.15, -0.1) is 0 Å². The van der Waals surface area contributed by atoms with Crippen LogP contribution >= 0.6 is 23.4 Å². The fraction of sp³-hybridized carbons (Fsp3) is 0.214. The summed E-state index contributed by atoms with van der Waals surface area (Å²) in [6, 6.07) is 2.13. The predicted octanol–water partition coefficient (Wildman–Crippen LogP) is 3.15. The summed E-state index contributed by atoms with van der Waals surface area (Å²) >= 11 is 7.48. The predicted molar refractivity (Wildman–Crippen MR) is 89.6 cm³/mol. The average molecular weight is 354 g/mol. The maximum absolute atomic E-state index is 13.5. The van der Waals surface area contributed by atoms with E-state index in [2.05, 4.69) is 9.97 Å². The number of nitrogens with zero attached hydrogens (tertiary/aromatic N) is 4. The number of hydrogen-bond donors (Lipinski definition) is 1. The van der Waals surface area contributed by atoms with Gasteiger partial charge in [-0.05, 0) is 18.4 Å². The van der Waals surface area contributed by atoms with E-state index in [0.29, 0.717) is 16.7 Å². The van der Waals surface area contributed by atoms with Crippen molar-refractivity contribution in [2.24, 2.45) is 0 Å². The van der Waals surface area contributed by atoms with Crippen molar-refractivity contribution in [3.63, 3.8) is 0 Å². The molecule has 0 bridgehead atoms. The molecule has 2 heterocycles. The zero-order valence-electron chi connectivity index (χ0n) is 12.4. The van der Waals surface area contributed by atoms with Crippen LogP contribution in [0.2, 0.25) is 5.02 Å². The van der Waals surface area contributed by atoms with Crippen LogP contribution in [0.1, 0.15) is 5.56 Å². The third-order valence-corrected chi connectivity index (χ3v) is 4.39. The monoisotopic (exact) mass is 353 g/mol. The number of halogens is 2. The summed E-state index contributed by atoms with van der Waals surface area (Å²) in [6.45, 7) is 0.234. The van der Waals surface area contributed by atoms with Gasteiger partial charge in [0.15, 0.2) is 5.16 Å². The summed E-state index contributed by atoms with van der Waals surface area (Å²) in [5, 5.41) is 0.699. The van der Waals surface area contributed by atoms with Crippen molar-refractivity contribution in [1.82, 2.24) is 9.97 Å².